The van der Waals surface area contributed by atoms with E-state index in [4.69, 9.17) is 0 Å². The molecule has 0 bridgehead atoms. The summed E-state index contributed by atoms with van der Waals surface area (Å²) < 4.78 is 44.3. The van der Waals surface area contributed by atoms with Crippen molar-refractivity contribution in [3.8, 4) is 0 Å². The molecule has 0 atom stereocenters. The van der Waals surface area contributed by atoms with E-state index < -0.39 is 10.1 Å². The van der Waals surface area contributed by atoms with Gasteiger partial charge in [0.1, 0.15) is 10.1 Å². The van der Waals surface area contributed by atoms with Crippen LogP contribution in [0.25, 0.3) is 22.1 Å². The van der Waals surface area contributed by atoms with Gasteiger partial charge in [-0.15, -0.1) is 0 Å². The van der Waals surface area contributed by atoms with Gasteiger partial charge in [-0.2, -0.15) is 0 Å². The van der Waals surface area contributed by atoms with Gasteiger partial charge in [-0.05, 0) is 19.1 Å². The van der Waals surface area contributed by atoms with Crippen molar-refractivity contribution in [2.75, 3.05) is 0 Å². The number of ketones is 2. The number of hydrogen-bond acceptors (Lipinski definition) is 7. The summed E-state index contributed by atoms with van der Waals surface area (Å²) in [5, 5.41) is 0. The van der Waals surface area contributed by atoms with Gasteiger partial charge in [0.15, 0.2) is 0 Å². The first kappa shape index (κ1) is 33.9. The molecular formula is C35H29N4O5SSe2+. The van der Waals surface area contributed by atoms with Crippen molar-refractivity contribution >= 4 is 73.7 Å². The van der Waals surface area contributed by atoms with Crippen LogP contribution in [0.2, 0.25) is 0 Å². The zero-order valence-electron chi connectivity index (χ0n) is 25.6. The van der Waals surface area contributed by atoms with Gasteiger partial charge in [0, 0.05) is 0 Å². The van der Waals surface area contributed by atoms with Crippen molar-refractivity contribution in [1.29, 1.82) is 0 Å². The molecule has 9 nitrogen and oxygen atoms in total. The van der Waals surface area contributed by atoms with E-state index in [-0.39, 0.29) is 46.4 Å². The number of carbonyl (C=O) groups excluding carboxylic acids is 2. The largest absolute Gasteiger partial charge is 0.744 e. The number of hydrogen-bond donors (Lipinski definition) is 0. The monoisotopic (exact) mass is 777 g/mol. The normalized spacial score (nSPS) is 10.9. The number of nitrogens with zero attached hydrogens (tertiary/aromatic N) is 4. The van der Waals surface area contributed by atoms with Crippen LogP contribution < -0.4 is 7.12 Å². The van der Waals surface area contributed by atoms with Crippen molar-refractivity contribution in [3.63, 3.8) is 0 Å². The molecule has 0 N–H and O–H groups in total. The van der Waals surface area contributed by atoms with Gasteiger partial charge in [0.2, 0.25) is 0 Å². The van der Waals surface area contributed by atoms with E-state index in [0.29, 0.717) is 11.1 Å². The summed E-state index contributed by atoms with van der Waals surface area (Å²) >= 11 is 0.244. The van der Waals surface area contributed by atoms with Gasteiger partial charge in [-0.1, -0.05) is 17.7 Å². The van der Waals surface area contributed by atoms with E-state index in [2.05, 4.69) is 15.1 Å². The molecule has 0 radical (unpaired) electrons. The maximum absolute atomic E-state index is 12.3. The van der Waals surface area contributed by atoms with Crippen molar-refractivity contribution < 1.29 is 29.7 Å². The second-order valence-corrected chi connectivity index (χ2v) is 15.5. The predicted octanol–water partition coefficient (Wildman–Crippen LogP) is 3.59. The van der Waals surface area contributed by atoms with Crippen molar-refractivity contribution in [2.45, 2.75) is 11.8 Å². The van der Waals surface area contributed by atoms with Crippen LogP contribution >= 0.6 is 0 Å². The standard InChI is InChI=1S/2C14H11N2OSe.C7H8O3S/c1-16-13-8-7-11(9-12(13)15-18-16)14(17)10-5-3-2-4-6-10;1-16-13-9-11(7-8-12(13)15-18-16)14(17)10-5-3-2-4-6-10;1-6-2-4-7(5-3-6)11(8,9)10/h2*2-9H,1H3;2-5H,1H3,(H,8,9,10)/q2*+1;/p-1. The van der Waals surface area contributed by atoms with Crippen LogP contribution in [0.5, 0.6) is 0 Å². The topological polar surface area (TPSA) is 125 Å². The summed E-state index contributed by atoms with van der Waals surface area (Å²) in [7, 11) is -0.242. The number of fused-ring (bicyclic) bond motifs is 2. The van der Waals surface area contributed by atoms with Crippen LogP contribution in [0.3, 0.4) is 0 Å². The van der Waals surface area contributed by atoms with Gasteiger partial charge < -0.3 is 4.55 Å². The Morgan fingerprint density at radius 1 is 0.596 bits per heavy atom. The van der Waals surface area contributed by atoms with Crippen LogP contribution in [-0.2, 0) is 24.2 Å². The first-order chi connectivity index (χ1) is 22.5. The molecule has 2 heterocycles. The number of rotatable bonds is 5. The van der Waals surface area contributed by atoms with E-state index in [9.17, 15) is 22.6 Å². The molecule has 5 aromatic carbocycles. The minimum Gasteiger partial charge on any atom is -0.744 e. The molecule has 7 rings (SSSR count). The van der Waals surface area contributed by atoms with E-state index in [0.717, 1.165) is 38.8 Å². The minimum absolute atomic E-state index is 0.0515. The first-order valence-electron chi connectivity index (χ1n) is 14.3. The molecule has 236 valence electrons. The SMILES string of the molecule is C[n+]1[se]nc2cc(C(=O)c3ccccc3)ccc21.C[n+]1[se]nc2ccc(C(=O)c3ccccc3)cc21.Cc1ccc(S(=O)(=O)[O-])cc1. The smallest absolute Gasteiger partial charge is 0.124 e. The molecule has 2 aromatic heterocycles. The molecule has 7 aromatic rings. The van der Waals surface area contributed by atoms with Crippen LogP contribution in [0, 0.1) is 6.92 Å². The average molecular weight is 776 g/mol. The van der Waals surface area contributed by atoms with E-state index in [1.807, 2.05) is 118 Å². The van der Waals surface area contributed by atoms with Gasteiger partial charge in [0.25, 0.3) is 0 Å². The Bertz CT molecular complexity index is 2290. The molecule has 0 amide bonds. The molecule has 0 spiro atoms. The van der Waals surface area contributed by atoms with Gasteiger partial charge in [0.05, 0.1) is 4.90 Å². The molecule has 0 aliphatic rings. The van der Waals surface area contributed by atoms with Gasteiger partial charge in [-0.3, -0.25) is 0 Å². The first-order valence-corrected chi connectivity index (χ1v) is 18.7. The molecular weight excluding hydrogens is 746 g/mol. The number of carbonyl (C=O) groups is 2. The van der Waals surface area contributed by atoms with Crippen molar-refractivity contribution in [1.82, 2.24) is 7.96 Å². The third-order valence-corrected chi connectivity index (χ3v) is 10.9. The Kier molecular flexibility index (Phi) is 10.8. The van der Waals surface area contributed by atoms with Crippen LogP contribution in [0.1, 0.15) is 37.4 Å². The summed E-state index contributed by atoms with van der Waals surface area (Å²) in [5.41, 5.74) is 7.87. The Morgan fingerprint density at radius 3 is 1.64 bits per heavy atom. The Balaban J connectivity index is 0.000000143. The summed E-state index contributed by atoms with van der Waals surface area (Å²) in [6, 6.07) is 35.9. The molecule has 0 aliphatic heterocycles. The summed E-state index contributed by atoms with van der Waals surface area (Å²) in [6.45, 7) is 1.82. The molecule has 0 fully saturated rings. The van der Waals surface area contributed by atoms with Gasteiger partial charge >= 0.3 is 222 Å². The second kappa shape index (κ2) is 15.0. The fourth-order valence-corrected chi connectivity index (χ4v) is 7.50. The maximum Gasteiger partial charge on any atom is 0.124 e. The van der Waals surface area contributed by atoms with E-state index in [1.165, 1.54) is 12.1 Å². The number of benzene rings is 5. The molecule has 0 unspecified atom stereocenters. The van der Waals surface area contributed by atoms with Gasteiger partial charge in [-0.25, -0.2) is 8.42 Å². The quantitative estimate of drug-likeness (QED) is 0.149. The molecule has 0 saturated heterocycles. The summed E-state index contributed by atoms with van der Waals surface area (Å²) in [4.78, 5) is 24.4. The van der Waals surface area contributed by atoms with Crippen LogP contribution in [0.15, 0.2) is 126 Å². The van der Waals surface area contributed by atoms with Crippen LogP contribution in [-0.4, -0.2) is 62.4 Å². The number of aromatic nitrogens is 4. The molecule has 12 heteroatoms. The molecule has 0 aliphatic carbocycles. The summed E-state index contributed by atoms with van der Waals surface area (Å²) in [5.74, 6) is 0.113. The van der Waals surface area contributed by atoms with E-state index in [1.54, 1.807) is 12.1 Å². The predicted molar refractivity (Wildman–Crippen MR) is 179 cm³/mol. The van der Waals surface area contributed by atoms with Crippen molar-refractivity contribution in [3.05, 3.63) is 149 Å². The maximum atomic E-state index is 12.3. The third-order valence-electron chi connectivity index (χ3n) is 7.06. The average Bonchev–Trinajstić information content (AvgIpc) is 3.66. The fraction of sp³-hybridized carbons (Fsp3) is 0.0857. The molecule has 0 saturated carbocycles. The zero-order valence-corrected chi connectivity index (χ0v) is 29.8. The fourth-order valence-electron chi connectivity index (χ4n) is 4.51. The Labute approximate surface area is 285 Å². The third kappa shape index (κ3) is 8.50. The second-order valence-electron chi connectivity index (χ2n) is 10.4. The Hall–Kier alpha value is -4.41. The number of aryl methyl sites for hydroxylation is 3. The van der Waals surface area contributed by atoms with Crippen LogP contribution in [0.4, 0.5) is 0 Å². The minimum atomic E-state index is -4.27. The van der Waals surface area contributed by atoms with E-state index >= 15 is 0 Å². The zero-order chi connectivity index (χ0) is 33.6. The summed E-state index contributed by atoms with van der Waals surface area (Å²) in [6.07, 6.45) is 0. The van der Waals surface area contributed by atoms with Crippen molar-refractivity contribution in [2.24, 2.45) is 14.1 Å². The molecule has 47 heavy (non-hydrogen) atoms. The Morgan fingerprint density at radius 2 is 1.09 bits per heavy atom.